The van der Waals surface area contributed by atoms with Crippen LogP contribution in [0.15, 0.2) is 47.0 Å². The molecule has 1 amide bonds. The number of Topliss-reactive ketones (excluding diaryl/α,β-unsaturated/α-hetero) is 1. The number of nitrogens with one attached hydrogen (secondary N) is 1. The van der Waals surface area contributed by atoms with Crippen molar-refractivity contribution in [3.63, 3.8) is 0 Å². The lowest BCUT2D eigenvalue weighted by atomic mass is 10.1. The summed E-state index contributed by atoms with van der Waals surface area (Å²) in [7, 11) is 0. The van der Waals surface area contributed by atoms with Gasteiger partial charge in [-0.25, -0.2) is 0 Å². The van der Waals surface area contributed by atoms with Crippen LogP contribution in [0.3, 0.4) is 0 Å². The number of para-hydroxylation sites is 1. The number of nitrogens with zero attached hydrogens (tertiary/aromatic N) is 2. The Morgan fingerprint density at radius 1 is 1.13 bits per heavy atom. The summed E-state index contributed by atoms with van der Waals surface area (Å²) >= 11 is 0. The van der Waals surface area contributed by atoms with Crippen LogP contribution in [0.25, 0.3) is 11.5 Å². The van der Waals surface area contributed by atoms with Crippen LogP contribution in [0.5, 0.6) is 5.75 Å². The van der Waals surface area contributed by atoms with E-state index in [-0.39, 0.29) is 24.2 Å². The molecular weight excluding hydrogens is 382 g/mol. The Morgan fingerprint density at radius 2 is 1.87 bits per heavy atom. The van der Waals surface area contributed by atoms with Crippen molar-refractivity contribution in [2.24, 2.45) is 0 Å². The number of amides is 1. The van der Waals surface area contributed by atoms with E-state index in [0.29, 0.717) is 40.7 Å². The zero-order valence-corrected chi connectivity index (χ0v) is 17.6. The van der Waals surface area contributed by atoms with Crippen LogP contribution in [0, 0.1) is 6.92 Å². The molecule has 0 aliphatic heterocycles. The molecule has 2 aromatic carbocycles. The van der Waals surface area contributed by atoms with Crippen LogP contribution in [0.4, 0.5) is 5.69 Å². The quantitative estimate of drug-likeness (QED) is 0.540. The summed E-state index contributed by atoms with van der Waals surface area (Å²) < 4.78 is 10.9. The summed E-state index contributed by atoms with van der Waals surface area (Å²) in [4.78, 5) is 28.6. The molecule has 3 rings (SSSR count). The minimum Gasteiger partial charge on any atom is -0.484 e. The first kappa shape index (κ1) is 21.2. The van der Waals surface area contributed by atoms with Crippen molar-refractivity contribution in [3.8, 4) is 17.2 Å². The molecule has 0 spiro atoms. The highest BCUT2D eigenvalue weighted by Gasteiger charge is 2.18. The molecule has 30 heavy (non-hydrogen) atoms. The highest BCUT2D eigenvalue weighted by atomic mass is 16.5. The van der Waals surface area contributed by atoms with Gasteiger partial charge in [-0.3, -0.25) is 9.59 Å². The molecule has 0 bridgehead atoms. The zero-order valence-electron chi connectivity index (χ0n) is 17.6. The molecule has 1 heterocycles. The Labute approximate surface area is 175 Å². The van der Waals surface area contributed by atoms with Crippen molar-refractivity contribution in [1.82, 2.24) is 10.1 Å². The monoisotopic (exact) mass is 407 g/mol. The van der Waals surface area contributed by atoms with E-state index in [1.807, 2.05) is 45.9 Å². The van der Waals surface area contributed by atoms with E-state index in [1.54, 1.807) is 24.3 Å². The number of ketones is 1. The molecule has 0 atom stereocenters. The first-order valence-electron chi connectivity index (χ1n) is 9.88. The second-order valence-corrected chi connectivity index (χ2v) is 7.25. The number of carbonyl (C=O) groups excluding carboxylic acids is 2. The zero-order chi connectivity index (χ0) is 21.7. The van der Waals surface area contributed by atoms with E-state index in [9.17, 15) is 9.59 Å². The average molecular weight is 407 g/mol. The molecular formula is C23H25N3O4. The van der Waals surface area contributed by atoms with Crippen LogP contribution < -0.4 is 10.1 Å². The fourth-order valence-electron chi connectivity index (χ4n) is 2.86. The van der Waals surface area contributed by atoms with Crippen molar-refractivity contribution in [2.45, 2.75) is 40.0 Å². The van der Waals surface area contributed by atoms with Gasteiger partial charge in [-0.1, -0.05) is 38.1 Å². The minimum atomic E-state index is -0.317. The van der Waals surface area contributed by atoms with Crippen LogP contribution in [0.2, 0.25) is 0 Å². The van der Waals surface area contributed by atoms with Crippen LogP contribution in [-0.2, 0) is 4.79 Å². The van der Waals surface area contributed by atoms with Gasteiger partial charge in [-0.15, -0.1) is 0 Å². The number of anilines is 1. The standard InChI is InChI=1S/C23H25N3O4/c1-5-19(27)16-9-11-17(12-10-16)29-13-20(28)24-21-15(4)7-6-8-18(21)23-25-22(14(2)3)26-30-23/h6-12,14H,5,13H2,1-4H3,(H,24,28). The third-order valence-electron chi connectivity index (χ3n) is 4.59. The van der Waals surface area contributed by atoms with Crippen molar-refractivity contribution >= 4 is 17.4 Å². The molecule has 0 fully saturated rings. The third kappa shape index (κ3) is 4.92. The van der Waals surface area contributed by atoms with Gasteiger partial charge < -0.3 is 14.6 Å². The lowest BCUT2D eigenvalue weighted by molar-refractivity contribution is -0.118. The Kier molecular flexibility index (Phi) is 6.61. The molecule has 156 valence electrons. The topological polar surface area (TPSA) is 94.3 Å². The molecule has 0 aliphatic carbocycles. The molecule has 0 radical (unpaired) electrons. The highest BCUT2D eigenvalue weighted by molar-refractivity contribution is 5.97. The number of benzene rings is 2. The van der Waals surface area contributed by atoms with E-state index < -0.39 is 0 Å². The Hall–Kier alpha value is -3.48. The fourth-order valence-corrected chi connectivity index (χ4v) is 2.86. The van der Waals surface area contributed by atoms with E-state index in [0.717, 1.165) is 5.56 Å². The van der Waals surface area contributed by atoms with Crippen molar-refractivity contribution in [3.05, 3.63) is 59.4 Å². The second-order valence-electron chi connectivity index (χ2n) is 7.25. The van der Waals surface area contributed by atoms with Gasteiger partial charge in [0, 0.05) is 17.9 Å². The fraction of sp³-hybridized carbons (Fsp3) is 0.304. The maximum Gasteiger partial charge on any atom is 0.262 e. The van der Waals surface area contributed by atoms with Gasteiger partial charge >= 0.3 is 0 Å². The number of aromatic nitrogens is 2. The van der Waals surface area contributed by atoms with Crippen LogP contribution in [0.1, 0.15) is 54.9 Å². The lowest BCUT2D eigenvalue weighted by Crippen LogP contribution is -2.21. The summed E-state index contributed by atoms with van der Waals surface area (Å²) in [6.07, 6.45) is 0.445. The van der Waals surface area contributed by atoms with E-state index >= 15 is 0 Å². The normalized spacial score (nSPS) is 10.8. The number of aryl methyl sites for hydroxylation is 1. The van der Waals surface area contributed by atoms with Gasteiger partial charge in [0.05, 0.1) is 11.3 Å². The maximum absolute atomic E-state index is 12.5. The molecule has 3 aromatic rings. The Morgan fingerprint density at radius 3 is 2.50 bits per heavy atom. The average Bonchev–Trinajstić information content (AvgIpc) is 3.24. The van der Waals surface area contributed by atoms with E-state index in [1.165, 1.54) is 0 Å². The number of hydrogen-bond donors (Lipinski definition) is 1. The lowest BCUT2D eigenvalue weighted by Gasteiger charge is -2.12. The smallest absolute Gasteiger partial charge is 0.262 e. The SMILES string of the molecule is CCC(=O)c1ccc(OCC(=O)Nc2c(C)cccc2-c2nc(C(C)C)no2)cc1. The molecule has 1 N–H and O–H groups in total. The van der Waals surface area contributed by atoms with Gasteiger partial charge in [0.1, 0.15) is 5.75 Å². The van der Waals surface area contributed by atoms with E-state index in [4.69, 9.17) is 9.26 Å². The molecule has 7 nitrogen and oxygen atoms in total. The number of ether oxygens (including phenoxy) is 1. The van der Waals surface area contributed by atoms with Gasteiger partial charge in [0.15, 0.2) is 18.2 Å². The van der Waals surface area contributed by atoms with E-state index in [2.05, 4.69) is 15.5 Å². The van der Waals surface area contributed by atoms with Crippen LogP contribution in [-0.4, -0.2) is 28.4 Å². The van der Waals surface area contributed by atoms with Crippen molar-refractivity contribution < 1.29 is 18.8 Å². The Bertz CT molecular complexity index is 1040. The molecule has 0 unspecified atom stereocenters. The predicted molar refractivity (Wildman–Crippen MR) is 114 cm³/mol. The second kappa shape index (κ2) is 9.35. The Balaban J connectivity index is 1.70. The highest BCUT2D eigenvalue weighted by Crippen LogP contribution is 2.30. The predicted octanol–water partition coefficient (Wildman–Crippen LogP) is 4.78. The summed E-state index contributed by atoms with van der Waals surface area (Å²) in [5, 5.41) is 6.88. The minimum absolute atomic E-state index is 0.0630. The molecule has 0 saturated heterocycles. The molecule has 0 saturated carbocycles. The number of hydrogen-bond acceptors (Lipinski definition) is 6. The molecule has 1 aromatic heterocycles. The number of rotatable bonds is 8. The molecule has 0 aliphatic rings. The van der Waals surface area contributed by atoms with Gasteiger partial charge in [-0.05, 0) is 42.8 Å². The van der Waals surface area contributed by atoms with Crippen molar-refractivity contribution in [1.29, 1.82) is 0 Å². The number of carbonyl (C=O) groups is 2. The van der Waals surface area contributed by atoms with Crippen LogP contribution >= 0.6 is 0 Å². The van der Waals surface area contributed by atoms with Gasteiger partial charge in [0.2, 0.25) is 0 Å². The summed E-state index contributed by atoms with van der Waals surface area (Å²) in [5.74, 6) is 1.36. The summed E-state index contributed by atoms with van der Waals surface area (Å²) in [6.45, 7) is 7.50. The first-order chi connectivity index (χ1) is 14.4. The summed E-state index contributed by atoms with van der Waals surface area (Å²) in [5.41, 5.74) is 2.76. The van der Waals surface area contributed by atoms with Crippen molar-refractivity contribution in [2.75, 3.05) is 11.9 Å². The first-order valence-corrected chi connectivity index (χ1v) is 9.88. The summed E-state index contributed by atoms with van der Waals surface area (Å²) in [6, 6.07) is 12.3. The van der Waals surface area contributed by atoms with Gasteiger partial charge in [-0.2, -0.15) is 4.98 Å². The third-order valence-corrected chi connectivity index (χ3v) is 4.59. The largest absolute Gasteiger partial charge is 0.484 e. The maximum atomic E-state index is 12.5. The van der Waals surface area contributed by atoms with Gasteiger partial charge in [0.25, 0.3) is 11.8 Å². The molecule has 7 heteroatoms.